The van der Waals surface area contributed by atoms with Crippen molar-refractivity contribution in [3.8, 4) is 0 Å². The lowest BCUT2D eigenvalue weighted by molar-refractivity contribution is -0.136. The molecule has 0 aromatic heterocycles. The summed E-state index contributed by atoms with van der Waals surface area (Å²) in [4.78, 5) is 49.7. The van der Waals surface area contributed by atoms with Gasteiger partial charge in [-0.25, -0.2) is 4.39 Å². The molecule has 0 radical (unpaired) electrons. The third-order valence-corrected chi connectivity index (χ3v) is 5.28. The summed E-state index contributed by atoms with van der Waals surface area (Å²) in [6, 6.07) is 8.31. The van der Waals surface area contributed by atoms with Gasteiger partial charge in [-0.15, -0.1) is 0 Å². The molecule has 1 saturated heterocycles. The number of hydrogen-bond donors (Lipinski definition) is 3. The van der Waals surface area contributed by atoms with E-state index in [4.69, 9.17) is 5.73 Å². The lowest BCUT2D eigenvalue weighted by Crippen LogP contribution is -2.52. The third-order valence-electron chi connectivity index (χ3n) is 5.28. The standard InChI is InChI=1S/C21H19FN4O4/c22-16-8-15-13(10-26(21(15)30)17-4-5-18(27)25-20(17)29)6-12(16)9-24-19(28)11-2-1-3-14(23)7-11/h1-3,6-8,17H,4-5,9-10,23H2,(H,24,28)(H,25,27,29). The molecule has 0 spiro atoms. The Labute approximate surface area is 171 Å². The minimum atomic E-state index is -0.766. The van der Waals surface area contributed by atoms with E-state index in [0.717, 1.165) is 6.07 Å². The van der Waals surface area contributed by atoms with Crippen LogP contribution < -0.4 is 16.4 Å². The van der Waals surface area contributed by atoms with Crippen LogP contribution >= 0.6 is 0 Å². The van der Waals surface area contributed by atoms with Gasteiger partial charge in [0.1, 0.15) is 11.9 Å². The summed E-state index contributed by atoms with van der Waals surface area (Å²) in [6.45, 7) is 0.0657. The normalized spacial score (nSPS) is 18.2. The fourth-order valence-electron chi connectivity index (χ4n) is 3.73. The van der Waals surface area contributed by atoms with Crippen molar-refractivity contribution in [2.75, 3.05) is 5.73 Å². The number of anilines is 1. The molecule has 0 bridgehead atoms. The van der Waals surface area contributed by atoms with Crippen LogP contribution in [0.2, 0.25) is 0 Å². The second kappa shape index (κ2) is 7.58. The van der Waals surface area contributed by atoms with Gasteiger partial charge < -0.3 is 16.0 Å². The zero-order valence-electron chi connectivity index (χ0n) is 15.9. The molecule has 2 aromatic rings. The number of amides is 4. The summed E-state index contributed by atoms with van der Waals surface area (Å²) < 4.78 is 14.6. The average Bonchev–Trinajstić information content (AvgIpc) is 3.01. The summed E-state index contributed by atoms with van der Waals surface area (Å²) in [5, 5.41) is 4.86. The van der Waals surface area contributed by atoms with Crippen LogP contribution in [0.25, 0.3) is 0 Å². The number of fused-ring (bicyclic) bond motifs is 1. The highest BCUT2D eigenvalue weighted by Gasteiger charge is 2.39. The van der Waals surface area contributed by atoms with Crippen LogP contribution in [0.5, 0.6) is 0 Å². The quantitative estimate of drug-likeness (QED) is 0.515. The highest BCUT2D eigenvalue weighted by Crippen LogP contribution is 2.29. The van der Waals surface area contributed by atoms with Crippen molar-refractivity contribution >= 4 is 29.3 Å². The Bertz CT molecular complexity index is 1080. The van der Waals surface area contributed by atoms with E-state index in [9.17, 15) is 23.6 Å². The number of imide groups is 1. The van der Waals surface area contributed by atoms with Crippen molar-refractivity contribution in [2.24, 2.45) is 0 Å². The number of benzene rings is 2. The molecule has 1 fully saturated rings. The molecule has 8 nitrogen and oxygen atoms in total. The van der Waals surface area contributed by atoms with Gasteiger partial charge in [-0.05, 0) is 42.3 Å². The first-order valence-electron chi connectivity index (χ1n) is 9.43. The lowest BCUT2D eigenvalue weighted by atomic mass is 10.0. The molecule has 0 aliphatic carbocycles. The van der Waals surface area contributed by atoms with Gasteiger partial charge in [0.2, 0.25) is 11.8 Å². The Hall–Kier alpha value is -3.75. The summed E-state index contributed by atoms with van der Waals surface area (Å²) in [6.07, 6.45) is 0.377. The van der Waals surface area contributed by atoms with Gasteiger partial charge in [-0.2, -0.15) is 0 Å². The topological polar surface area (TPSA) is 122 Å². The Morgan fingerprint density at radius 1 is 1.23 bits per heavy atom. The van der Waals surface area contributed by atoms with E-state index in [0.29, 0.717) is 16.8 Å². The zero-order valence-corrected chi connectivity index (χ0v) is 15.9. The lowest BCUT2D eigenvalue weighted by Gasteiger charge is -2.29. The van der Waals surface area contributed by atoms with Gasteiger partial charge in [0.05, 0.1) is 0 Å². The first kappa shape index (κ1) is 19.6. The number of halogens is 1. The Morgan fingerprint density at radius 2 is 2.03 bits per heavy atom. The Kier molecular flexibility index (Phi) is 4.94. The van der Waals surface area contributed by atoms with Gasteiger partial charge in [-0.1, -0.05) is 6.07 Å². The van der Waals surface area contributed by atoms with E-state index < -0.39 is 29.6 Å². The van der Waals surface area contributed by atoms with Crippen molar-refractivity contribution in [3.05, 3.63) is 64.5 Å². The van der Waals surface area contributed by atoms with Crippen LogP contribution in [0.15, 0.2) is 36.4 Å². The molecule has 1 atom stereocenters. The van der Waals surface area contributed by atoms with E-state index in [1.165, 1.54) is 17.0 Å². The minimum Gasteiger partial charge on any atom is -0.399 e. The van der Waals surface area contributed by atoms with E-state index in [1.54, 1.807) is 18.2 Å². The Balaban J connectivity index is 1.49. The van der Waals surface area contributed by atoms with Crippen molar-refractivity contribution in [1.82, 2.24) is 15.5 Å². The second-order valence-corrected chi connectivity index (χ2v) is 7.31. The first-order chi connectivity index (χ1) is 14.3. The van der Waals surface area contributed by atoms with E-state index in [2.05, 4.69) is 10.6 Å². The number of nitrogens with zero attached hydrogens (tertiary/aromatic N) is 1. The number of hydrogen-bond acceptors (Lipinski definition) is 5. The van der Waals surface area contributed by atoms with Gasteiger partial charge >= 0.3 is 0 Å². The molecule has 9 heteroatoms. The molecule has 2 aliphatic rings. The summed E-state index contributed by atoms with van der Waals surface area (Å²) >= 11 is 0. The number of carbonyl (C=O) groups is 4. The molecule has 154 valence electrons. The van der Waals surface area contributed by atoms with Crippen molar-refractivity contribution < 1.29 is 23.6 Å². The highest BCUT2D eigenvalue weighted by molar-refractivity contribution is 6.05. The van der Waals surface area contributed by atoms with Crippen LogP contribution in [0, 0.1) is 5.82 Å². The van der Waals surface area contributed by atoms with Crippen LogP contribution in [0.4, 0.5) is 10.1 Å². The molecule has 30 heavy (non-hydrogen) atoms. The largest absolute Gasteiger partial charge is 0.399 e. The number of nitrogens with two attached hydrogens (primary N) is 1. The fourth-order valence-corrected chi connectivity index (χ4v) is 3.73. The Morgan fingerprint density at radius 3 is 2.77 bits per heavy atom. The first-order valence-corrected chi connectivity index (χ1v) is 9.43. The molecule has 1 unspecified atom stereocenters. The molecule has 4 N–H and O–H groups in total. The molecular formula is C21H19FN4O4. The van der Waals surface area contributed by atoms with Crippen LogP contribution in [-0.2, 0) is 22.7 Å². The van der Waals surface area contributed by atoms with E-state index in [-0.39, 0.29) is 43.0 Å². The maximum absolute atomic E-state index is 14.6. The molecule has 2 aromatic carbocycles. The number of carbonyl (C=O) groups excluding carboxylic acids is 4. The maximum Gasteiger partial charge on any atom is 0.255 e. The van der Waals surface area contributed by atoms with Crippen LogP contribution in [0.3, 0.4) is 0 Å². The van der Waals surface area contributed by atoms with Gasteiger partial charge in [0.25, 0.3) is 11.8 Å². The third kappa shape index (κ3) is 3.61. The number of rotatable bonds is 4. The number of nitrogen functional groups attached to an aromatic ring is 1. The van der Waals surface area contributed by atoms with Gasteiger partial charge in [0.15, 0.2) is 0 Å². The molecule has 2 aliphatic heterocycles. The number of nitrogens with one attached hydrogen (secondary N) is 2. The van der Waals surface area contributed by atoms with Crippen molar-refractivity contribution in [2.45, 2.75) is 32.0 Å². The van der Waals surface area contributed by atoms with Crippen molar-refractivity contribution in [1.29, 1.82) is 0 Å². The summed E-state index contributed by atoms with van der Waals surface area (Å²) in [5.74, 6) is -2.37. The van der Waals surface area contributed by atoms with Gasteiger partial charge in [-0.3, -0.25) is 24.5 Å². The minimum absolute atomic E-state index is 0.0701. The average molecular weight is 410 g/mol. The molecule has 0 saturated carbocycles. The fraction of sp³-hybridized carbons (Fsp3) is 0.238. The van der Waals surface area contributed by atoms with E-state index in [1.807, 2.05) is 0 Å². The van der Waals surface area contributed by atoms with Crippen LogP contribution in [-0.4, -0.2) is 34.6 Å². The SMILES string of the molecule is Nc1cccc(C(=O)NCc2cc3c(cc2F)C(=O)N(C2CCC(=O)NC2=O)C3)c1. The molecular weight excluding hydrogens is 391 g/mol. The number of piperidine rings is 1. The highest BCUT2D eigenvalue weighted by atomic mass is 19.1. The molecule has 4 amide bonds. The zero-order chi connectivity index (χ0) is 21.4. The monoisotopic (exact) mass is 410 g/mol. The maximum atomic E-state index is 14.6. The smallest absolute Gasteiger partial charge is 0.255 e. The van der Waals surface area contributed by atoms with Crippen molar-refractivity contribution in [3.63, 3.8) is 0 Å². The predicted molar refractivity (Wildman–Crippen MR) is 104 cm³/mol. The van der Waals surface area contributed by atoms with E-state index >= 15 is 0 Å². The second-order valence-electron chi connectivity index (χ2n) is 7.31. The summed E-state index contributed by atoms with van der Waals surface area (Å²) in [5.41, 5.74) is 7.45. The van der Waals surface area contributed by atoms with Crippen LogP contribution in [0.1, 0.15) is 44.7 Å². The summed E-state index contributed by atoms with van der Waals surface area (Å²) in [7, 11) is 0. The molecule has 4 rings (SSSR count). The van der Waals surface area contributed by atoms with Gasteiger partial charge in [0, 0.05) is 41.9 Å². The predicted octanol–water partition coefficient (Wildman–Crippen LogP) is 1.10. The molecule has 2 heterocycles.